The Bertz CT molecular complexity index is 601. The van der Waals surface area contributed by atoms with E-state index in [1.807, 2.05) is 24.3 Å². The molecule has 0 aromatic heterocycles. The van der Waals surface area contributed by atoms with Crippen LogP contribution in [-0.2, 0) is 0 Å². The van der Waals surface area contributed by atoms with Gasteiger partial charge in [-0.25, -0.2) is 0 Å². The van der Waals surface area contributed by atoms with E-state index in [1.165, 1.54) is 5.56 Å². The summed E-state index contributed by atoms with van der Waals surface area (Å²) in [5, 5.41) is 4.05. The normalized spacial score (nSPS) is 14.7. The van der Waals surface area contributed by atoms with E-state index in [-0.39, 0.29) is 6.04 Å². The van der Waals surface area contributed by atoms with Crippen LogP contribution in [0.4, 0.5) is 5.69 Å². The fraction of sp³-hybridized carbons (Fsp3) is 0.250. The molecule has 0 saturated carbocycles. The van der Waals surface area contributed by atoms with Crippen molar-refractivity contribution in [1.29, 1.82) is 0 Å². The van der Waals surface area contributed by atoms with Crippen LogP contribution in [0.25, 0.3) is 0 Å². The predicted molar refractivity (Wildman–Crippen MR) is 80.9 cm³/mol. The van der Waals surface area contributed by atoms with Gasteiger partial charge in [0.05, 0.1) is 10.7 Å². The second kappa shape index (κ2) is 5.63. The van der Waals surface area contributed by atoms with Gasteiger partial charge >= 0.3 is 0 Å². The lowest BCUT2D eigenvalue weighted by atomic mass is 10.1. The van der Waals surface area contributed by atoms with Crippen LogP contribution in [0.5, 0.6) is 11.5 Å². The second-order valence-corrected chi connectivity index (χ2v) is 5.16. The molecule has 1 heterocycles. The molecule has 0 aliphatic carbocycles. The smallest absolute Gasteiger partial charge is 0.163 e. The van der Waals surface area contributed by atoms with Gasteiger partial charge in [-0.2, -0.15) is 0 Å². The third-order valence-corrected chi connectivity index (χ3v) is 3.62. The summed E-state index contributed by atoms with van der Waals surface area (Å²) < 4.78 is 11.1. The highest BCUT2D eigenvalue weighted by molar-refractivity contribution is 6.33. The lowest BCUT2D eigenvalue weighted by Crippen LogP contribution is -2.16. The first-order valence-electron chi connectivity index (χ1n) is 6.64. The Hall–Kier alpha value is -1.87. The van der Waals surface area contributed by atoms with Crippen LogP contribution in [0.1, 0.15) is 18.5 Å². The van der Waals surface area contributed by atoms with Gasteiger partial charge < -0.3 is 14.8 Å². The number of ether oxygens (including phenoxy) is 2. The molecule has 1 N–H and O–H groups in total. The van der Waals surface area contributed by atoms with E-state index in [0.717, 1.165) is 11.4 Å². The van der Waals surface area contributed by atoms with Gasteiger partial charge in [-0.05, 0) is 12.5 Å². The third kappa shape index (κ3) is 2.68. The maximum absolute atomic E-state index is 6.29. The molecule has 1 atom stereocenters. The minimum absolute atomic E-state index is 0.163. The zero-order valence-corrected chi connectivity index (χ0v) is 12.0. The first kappa shape index (κ1) is 13.1. The molecule has 1 aliphatic rings. The summed E-state index contributed by atoms with van der Waals surface area (Å²) in [5.41, 5.74) is 2.06. The predicted octanol–water partition coefficient (Wildman–Crippen LogP) is 4.28. The summed E-state index contributed by atoms with van der Waals surface area (Å²) in [6.07, 6.45) is 0. The van der Waals surface area contributed by atoms with E-state index in [0.29, 0.717) is 24.0 Å². The molecule has 0 spiro atoms. The Kier molecular flexibility index (Phi) is 3.70. The van der Waals surface area contributed by atoms with E-state index in [9.17, 15) is 0 Å². The summed E-state index contributed by atoms with van der Waals surface area (Å²) >= 11 is 6.29. The van der Waals surface area contributed by atoms with Crippen LogP contribution in [0.3, 0.4) is 0 Å². The molecule has 1 aliphatic heterocycles. The van der Waals surface area contributed by atoms with Crippen molar-refractivity contribution in [3.05, 3.63) is 53.1 Å². The standard InChI is InChI=1S/C16H16ClNO2/c1-11(12-5-3-2-4-6-12)18-14-10-16-15(9-13(14)17)19-7-8-20-16/h2-6,9-11,18H,7-8H2,1H3. The summed E-state index contributed by atoms with van der Waals surface area (Å²) in [5.74, 6) is 1.45. The number of hydrogen-bond donors (Lipinski definition) is 1. The molecule has 104 valence electrons. The monoisotopic (exact) mass is 289 g/mol. The largest absolute Gasteiger partial charge is 0.486 e. The van der Waals surface area contributed by atoms with Gasteiger partial charge in [0.15, 0.2) is 11.5 Å². The minimum atomic E-state index is 0.163. The first-order valence-corrected chi connectivity index (χ1v) is 7.02. The van der Waals surface area contributed by atoms with Crippen LogP contribution >= 0.6 is 11.6 Å². The highest BCUT2D eigenvalue weighted by atomic mass is 35.5. The van der Waals surface area contributed by atoms with Crippen LogP contribution in [0.2, 0.25) is 5.02 Å². The highest BCUT2D eigenvalue weighted by Gasteiger charge is 2.16. The second-order valence-electron chi connectivity index (χ2n) is 4.75. The number of rotatable bonds is 3. The van der Waals surface area contributed by atoms with E-state index < -0.39 is 0 Å². The van der Waals surface area contributed by atoms with Crippen molar-refractivity contribution in [3.8, 4) is 11.5 Å². The number of anilines is 1. The summed E-state index contributed by atoms with van der Waals surface area (Å²) in [4.78, 5) is 0. The summed E-state index contributed by atoms with van der Waals surface area (Å²) in [6.45, 7) is 3.24. The fourth-order valence-corrected chi connectivity index (χ4v) is 2.44. The molecule has 0 amide bonds. The van der Waals surface area contributed by atoms with Gasteiger partial charge in [0, 0.05) is 18.2 Å². The highest BCUT2D eigenvalue weighted by Crippen LogP contribution is 2.39. The van der Waals surface area contributed by atoms with Crippen molar-refractivity contribution in [2.24, 2.45) is 0 Å². The van der Waals surface area contributed by atoms with Crippen LogP contribution in [0, 0.1) is 0 Å². The van der Waals surface area contributed by atoms with E-state index >= 15 is 0 Å². The lowest BCUT2D eigenvalue weighted by Gasteiger charge is -2.22. The van der Waals surface area contributed by atoms with Crippen molar-refractivity contribution in [2.45, 2.75) is 13.0 Å². The topological polar surface area (TPSA) is 30.5 Å². The SMILES string of the molecule is CC(Nc1cc2c(cc1Cl)OCCO2)c1ccccc1. The van der Waals surface area contributed by atoms with Gasteiger partial charge in [-0.3, -0.25) is 0 Å². The molecule has 20 heavy (non-hydrogen) atoms. The van der Waals surface area contributed by atoms with Crippen molar-refractivity contribution >= 4 is 17.3 Å². The molecule has 3 nitrogen and oxygen atoms in total. The van der Waals surface area contributed by atoms with E-state index in [1.54, 1.807) is 6.07 Å². The molecular weight excluding hydrogens is 274 g/mol. The Morgan fingerprint density at radius 3 is 2.40 bits per heavy atom. The Balaban J connectivity index is 1.84. The molecule has 3 rings (SSSR count). The number of hydrogen-bond acceptors (Lipinski definition) is 3. The van der Waals surface area contributed by atoms with E-state index in [2.05, 4.69) is 24.4 Å². The zero-order chi connectivity index (χ0) is 13.9. The molecule has 0 fully saturated rings. The summed E-state index contributed by atoms with van der Waals surface area (Å²) in [7, 11) is 0. The maximum atomic E-state index is 6.29. The van der Waals surface area contributed by atoms with Crippen molar-refractivity contribution in [1.82, 2.24) is 0 Å². The average Bonchev–Trinajstić information content (AvgIpc) is 2.49. The number of halogens is 1. The molecule has 2 aromatic rings. The van der Waals surface area contributed by atoms with Crippen LogP contribution < -0.4 is 14.8 Å². The van der Waals surface area contributed by atoms with Crippen LogP contribution in [0.15, 0.2) is 42.5 Å². The van der Waals surface area contributed by atoms with Crippen molar-refractivity contribution in [2.75, 3.05) is 18.5 Å². The molecule has 2 aromatic carbocycles. The average molecular weight is 290 g/mol. The van der Waals surface area contributed by atoms with Crippen molar-refractivity contribution < 1.29 is 9.47 Å². The molecule has 1 unspecified atom stereocenters. The zero-order valence-electron chi connectivity index (χ0n) is 11.2. The molecule has 0 bridgehead atoms. The Morgan fingerprint density at radius 1 is 1.05 bits per heavy atom. The number of benzene rings is 2. The quantitative estimate of drug-likeness (QED) is 0.914. The van der Waals surface area contributed by atoms with Gasteiger partial charge in [-0.15, -0.1) is 0 Å². The van der Waals surface area contributed by atoms with Gasteiger partial charge in [0.2, 0.25) is 0 Å². The minimum Gasteiger partial charge on any atom is -0.486 e. The molecule has 4 heteroatoms. The molecule has 0 saturated heterocycles. The molecule has 0 radical (unpaired) electrons. The Labute approximate surface area is 123 Å². The number of nitrogens with one attached hydrogen (secondary N) is 1. The first-order chi connectivity index (χ1) is 9.74. The van der Waals surface area contributed by atoms with Gasteiger partial charge in [-0.1, -0.05) is 41.9 Å². The lowest BCUT2D eigenvalue weighted by molar-refractivity contribution is 0.171. The summed E-state index contributed by atoms with van der Waals surface area (Å²) in [6, 6.07) is 14.1. The van der Waals surface area contributed by atoms with Crippen molar-refractivity contribution in [3.63, 3.8) is 0 Å². The third-order valence-electron chi connectivity index (χ3n) is 3.30. The fourth-order valence-electron chi connectivity index (χ4n) is 2.23. The maximum Gasteiger partial charge on any atom is 0.163 e. The number of fused-ring (bicyclic) bond motifs is 1. The van der Waals surface area contributed by atoms with Gasteiger partial charge in [0.25, 0.3) is 0 Å². The van der Waals surface area contributed by atoms with Gasteiger partial charge in [0.1, 0.15) is 13.2 Å². The van der Waals surface area contributed by atoms with Crippen LogP contribution in [-0.4, -0.2) is 13.2 Å². The molecular formula is C16H16ClNO2. The van der Waals surface area contributed by atoms with E-state index in [4.69, 9.17) is 21.1 Å². The Morgan fingerprint density at radius 2 is 1.70 bits per heavy atom.